The molecule has 0 radical (unpaired) electrons. The molecule has 0 amide bonds. The highest BCUT2D eigenvalue weighted by atomic mass is 35.5. The average molecular weight is 408 g/mol. The summed E-state index contributed by atoms with van der Waals surface area (Å²) >= 11 is 6.32. The van der Waals surface area contributed by atoms with Crippen LogP contribution in [0, 0.1) is 5.92 Å². The Hall–Kier alpha value is -2.36. The second-order valence-corrected chi connectivity index (χ2v) is 8.49. The van der Waals surface area contributed by atoms with Gasteiger partial charge in [-0.15, -0.1) is 0 Å². The zero-order valence-corrected chi connectivity index (χ0v) is 17.4. The Morgan fingerprint density at radius 2 is 1.86 bits per heavy atom. The molecule has 0 aliphatic carbocycles. The summed E-state index contributed by atoms with van der Waals surface area (Å²) in [7, 11) is 0. The van der Waals surface area contributed by atoms with Crippen LogP contribution in [0.5, 0.6) is 0 Å². The van der Waals surface area contributed by atoms with Crippen LogP contribution in [-0.4, -0.2) is 29.1 Å². The molecule has 1 fully saturated rings. The maximum absolute atomic E-state index is 11.0. The van der Waals surface area contributed by atoms with Gasteiger partial charge in [-0.05, 0) is 46.9 Å². The van der Waals surface area contributed by atoms with Gasteiger partial charge in [-0.2, -0.15) is 0 Å². The molecule has 0 bridgehead atoms. The summed E-state index contributed by atoms with van der Waals surface area (Å²) in [5, 5.41) is 12.1. The molecule has 3 aromatic carbocycles. The third-order valence-electron chi connectivity index (χ3n) is 6.00. The molecule has 1 aliphatic heterocycles. The van der Waals surface area contributed by atoms with Crippen molar-refractivity contribution < 1.29 is 9.90 Å². The summed E-state index contributed by atoms with van der Waals surface area (Å²) in [6, 6.07) is 21.4. The molecular formula is C25H26ClNO2. The van der Waals surface area contributed by atoms with E-state index in [-0.39, 0.29) is 5.92 Å². The van der Waals surface area contributed by atoms with Crippen molar-refractivity contribution in [2.24, 2.45) is 5.92 Å². The van der Waals surface area contributed by atoms with Crippen molar-refractivity contribution in [3.05, 3.63) is 82.4 Å². The Balaban J connectivity index is 1.47. The number of fused-ring (bicyclic) bond motifs is 1. The number of halogens is 1. The number of carbonyl (C=O) groups is 1. The molecule has 1 saturated heterocycles. The van der Waals surface area contributed by atoms with Crippen molar-refractivity contribution in [2.75, 3.05) is 13.1 Å². The summed E-state index contributed by atoms with van der Waals surface area (Å²) < 4.78 is 0. The van der Waals surface area contributed by atoms with E-state index in [1.54, 1.807) is 0 Å². The van der Waals surface area contributed by atoms with Crippen LogP contribution in [0.2, 0.25) is 5.02 Å². The molecule has 0 unspecified atom stereocenters. The average Bonchev–Trinajstić information content (AvgIpc) is 2.68. The van der Waals surface area contributed by atoms with Gasteiger partial charge in [0.25, 0.3) is 0 Å². The van der Waals surface area contributed by atoms with Crippen molar-refractivity contribution in [2.45, 2.75) is 32.2 Å². The standard InChI is InChI=1S/C25H26ClNO2/c1-2-19(20-9-10-23-21(13-20)7-4-8-24(23)26)12-17-5-3-6-18(11-17)14-27-15-22(16-27)25(28)29/h3-11,13,19,22H,2,12,14-16H2,1H3,(H,28,29)/t19-/m0/s1. The highest BCUT2D eigenvalue weighted by molar-refractivity contribution is 6.35. The van der Waals surface area contributed by atoms with E-state index in [9.17, 15) is 4.79 Å². The van der Waals surface area contributed by atoms with Gasteiger partial charge < -0.3 is 5.11 Å². The van der Waals surface area contributed by atoms with Gasteiger partial charge in [0.15, 0.2) is 0 Å². The quantitative estimate of drug-likeness (QED) is 0.542. The summed E-state index contributed by atoms with van der Waals surface area (Å²) in [5.74, 6) is -0.435. The minimum absolute atomic E-state index is 0.205. The summed E-state index contributed by atoms with van der Waals surface area (Å²) in [6.07, 6.45) is 2.07. The van der Waals surface area contributed by atoms with E-state index < -0.39 is 5.97 Å². The van der Waals surface area contributed by atoms with Gasteiger partial charge in [-0.3, -0.25) is 9.69 Å². The normalized spacial score (nSPS) is 15.9. The van der Waals surface area contributed by atoms with Crippen LogP contribution in [0.15, 0.2) is 60.7 Å². The number of rotatable bonds is 7. The van der Waals surface area contributed by atoms with Crippen LogP contribution in [0.4, 0.5) is 0 Å². The number of likely N-dealkylation sites (tertiary alicyclic amines) is 1. The highest BCUT2D eigenvalue weighted by Crippen LogP contribution is 2.30. The second-order valence-electron chi connectivity index (χ2n) is 8.08. The lowest BCUT2D eigenvalue weighted by molar-refractivity contribution is -0.147. The van der Waals surface area contributed by atoms with Gasteiger partial charge in [-0.1, -0.05) is 73.1 Å². The van der Waals surface area contributed by atoms with Crippen molar-refractivity contribution in [3.63, 3.8) is 0 Å². The van der Waals surface area contributed by atoms with Crippen molar-refractivity contribution in [1.29, 1.82) is 0 Å². The van der Waals surface area contributed by atoms with Crippen molar-refractivity contribution in [1.82, 2.24) is 4.90 Å². The molecule has 1 atom stereocenters. The Labute approximate surface area is 176 Å². The van der Waals surface area contributed by atoms with Crippen LogP contribution in [0.1, 0.15) is 36.0 Å². The number of hydrogen-bond donors (Lipinski definition) is 1. The van der Waals surface area contributed by atoms with E-state index in [1.165, 1.54) is 22.1 Å². The maximum Gasteiger partial charge on any atom is 0.309 e. The first-order chi connectivity index (χ1) is 14.0. The van der Waals surface area contributed by atoms with Crippen LogP contribution in [-0.2, 0) is 17.8 Å². The number of benzene rings is 3. The van der Waals surface area contributed by atoms with Crippen LogP contribution in [0.3, 0.4) is 0 Å². The van der Waals surface area contributed by atoms with E-state index >= 15 is 0 Å². The molecule has 0 spiro atoms. The Morgan fingerprint density at radius 3 is 2.62 bits per heavy atom. The second kappa shape index (κ2) is 8.56. The predicted molar refractivity (Wildman–Crippen MR) is 119 cm³/mol. The molecule has 29 heavy (non-hydrogen) atoms. The Morgan fingerprint density at radius 1 is 1.10 bits per heavy atom. The van der Waals surface area contributed by atoms with Gasteiger partial charge in [0.05, 0.1) is 5.92 Å². The molecule has 150 valence electrons. The van der Waals surface area contributed by atoms with E-state index in [0.29, 0.717) is 19.0 Å². The van der Waals surface area contributed by atoms with Crippen LogP contribution in [0.25, 0.3) is 10.8 Å². The molecule has 4 rings (SSSR count). The number of hydrogen-bond acceptors (Lipinski definition) is 2. The predicted octanol–water partition coefficient (Wildman–Crippen LogP) is 5.75. The monoisotopic (exact) mass is 407 g/mol. The minimum atomic E-state index is -0.683. The first-order valence-corrected chi connectivity index (χ1v) is 10.6. The van der Waals surface area contributed by atoms with E-state index in [1.807, 2.05) is 12.1 Å². The molecule has 1 aliphatic rings. The van der Waals surface area contributed by atoms with E-state index in [4.69, 9.17) is 16.7 Å². The summed E-state index contributed by atoms with van der Waals surface area (Å²) in [6.45, 7) is 4.36. The zero-order chi connectivity index (χ0) is 20.4. The fraction of sp³-hybridized carbons (Fsp3) is 0.320. The minimum Gasteiger partial charge on any atom is -0.481 e. The van der Waals surface area contributed by atoms with E-state index in [0.717, 1.165) is 29.8 Å². The number of carboxylic acids is 1. The van der Waals surface area contributed by atoms with Crippen molar-refractivity contribution >= 4 is 28.3 Å². The van der Waals surface area contributed by atoms with Crippen molar-refractivity contribution in [3.8, 4) is 0 Å². The Kier molecular flexibility index (Phi) is 5.89. The molecule has 3 aromatic rings. The van der Waals surface area contributed by atoms with Gasteiger partial charge in [0.2, 0.25) is 0 Å². The third kappa shape index (κ3) is 4.47. The molecule has 0 aromatic heterocycles. The lowest BCUT2D eigenvalue weighted by Crippen LogP contribution is -2.49. The Bertz CT molecular complexity index is 1030. The molecule has 1 N–H and O–H groups in total. The highest BCUT2D eigenvalue weighted by Gasteiger charge is 2.32. The molecule has 0 saturated carbocycles. The molecular weight excluding hydrogens is 382 g/mol. The first-order valence-electron chi connectivity index (χ1n) is 10.2. The lowest BCUT2D eigenvalue weighted by atomic mass is 9.88. The number of aliphatic carboxylic acids is 1. The molecule has 3 nitrogen and oxygen atoms in total. The lowest BCUT2D eigenvalue weighted by Gasteiger charge is -2.36. The van der Waals surface area contributed by atoms with Gasteiger partial charge in [-0.25, -0.2) is 0 Å². The first kappa shape index (κ1) is 19.9. The van der Waals surface area contributed by atoms with Gasteiger partial charge in [0.1, 0.15) is 0 Å². The molecule has 1 heterocycles. The van der Waals surface area contributed by atoms with E-state index in [2.05, 4.69) is 60.4 Å². The fourth-order valence-electron chi connectivity index (χ4n) is 4.27. The van der Waals surface area contributed by atoms with Crippen LogP contribution >= 0.6 is 11.6 Å². The van der Waals surface area contributed by atoms with Crippen LogP contribution < -0.4 is 0 Å². The number of nitrogens with zero attached hydrogens (tertiary/aromatic N) is 1. The zero-order valence-electron chi connectivity index (χ0n) is 16.6. The topological polar surface area (TPSA) is 40.5 Å². The smallest absolute Gasteiger partial charge is 0.309 e. The third-order valence-corrected chi connectivity index (χ3v) is 6.33. The number of carboxylic acid groups (broad SMARTS) is 1. The largest absolute Gasteiger partial charge is 0.481 e. The summed E-state index contributed by atoms with van der Waals surface area (Å²) in [4.78, 5) is 13.2. The van der Waals surface area contributed by atoms with Gasteiger partial charge in [0, 0.05) is 30.0 Å². The fourth-order valence-corrected chi connectivity index (χ4v) is 4.51. The SMILES string of the molecule is CC[C@@H](Cc1cccc(CN2CC(C(=O)O)C2)c1)c1ccc2c(Cl)cccc2c1. The van der Waals surface area contributed by atoms with Gasteiger partial charge >= 0.3 is 5.97 Å². The molecule has 4 heteroatoms. The summed E-state index contributed by atoms with van der Waals surface area (Å²) in [5.41, 5.74) is 3.93. The maximum atomic E-state index is 11.0.